The third kappa shape index (κ3) is 8.01. The molecule has 6 nitrogen and oxygen atoms in total. The molecule has 0 aromatic heterocycles. The maximum absolute atomic E-state index is 9.34. The molecule has 1 aromatic rings. The molecule has 1 fully saturated rings. The summed E-state index contributed by atoms with van der Waals surface area (Å²) in [6.07, 6.45) is 1.57. The Balaban J connectivity index is 0.00000364. The summed E-state index contributed by atoms with van der Waals surface area (Å²) in [7, 11) is 0. The predicted octanol–water partition coefficient (Wildman–Crippen LogP) is 3.07. The number of aliphatic imine (C=N–C) groups is 1. The largest absolute Gasteiger partial charge is 0.487 e. The van der Waals surface area contributed by atoms with Gasteiger partial charge in [-0.3, -0.25) is 4.99 Å². The standard InChI is InChI=1S/C19H30ClN3O3.HI/c1-3-21-18(23-13-19(8-10-24)9-11-25-14-19)22-12-15(2)26-17-7-5-4-6-16(17)20;/h4-7,15,24H,3,8-14H2,1-2H3,(H2,21,22,23);1H. The normalized spacial score (nSPS) is 20.7. The molecule has 3 N–H and O–H groups in total. The van der Waals surface area contributed by atoms with Crippen LogP contribution in [0.3, 0.4) is 0 Å². The van der Waals surface area contributed by atoms with Crippen LogP contribution in [0.5, 0.6) is 5.75 Å². The molecule has 2 unspecified atom stereocenters. The molecular formula is C19H31ClIN3O3. The summed E-state index contributed by atoms with van der Waals surface area (Å²) < 4.78 is 11.4. The Kier molecular flexibility index (Phi) is 11.4. The highest BCUT2D eigenvalue weighted by atomic mass is 127. The molecule has 2 atom stereocenters. The first-order valence-corrected chi connectivity index (χ1v) is 9.58. The van der Waals surface area contributed by atoms with Gasteiger partial charge in [0.1, 0.15) is 11.9 Å². The zero-order chi connectivity index (χ0) is 18.8. The van der Waals surface area contributed by atoms with Crippen LogP contribution in [-0.2, 0) is 4.74 Å². The summed E-state index contributed by atoms with van der Waals surface area (Å²) in [5.41, 5.74) is -0.0587. The fraction of sp³-hybridized carbons (Fsp3) is 0.632. The van der Waals surface area contributed by atoms with Gasteiger partial charge in [-0.2, -0.15) is 0 Å². The Hall–Kier alpha value is -0.770. The highest BCUT2D eigenvalue weighted by Gasteiger charge is 2.34. The second-order valence-electron chi connectivity index (χ2n) is 6.71. The summed E-state index contributed by atoms with van der Waals surface area (Å²) >= 11 is 6.13. The number of guanidine groups is 1. The second-order valence-corrected chi connectivity index (χ2v) is 7.12. The topological polar surface area (TPSA) is 75.1 Å². The van der Waals surface area contributed by atoms with Crippen LogP contribution in [0, 0.1) is 5.41 Å². The van der Waals surface area contributed by atoms with Crippen LogP contribution in [0.1, 0.15) is 26.7 Å². The summed E-state index contributed by atoms with van der Waals surface area (Å²) in [4.78, 5) is 4.70. The van der Waals surface area contributed by atoms with Gasteiger partial charge < -0.3 is 25.2 Å². The molecule has 0 radical (unpaired) electrons. The molecular weight excluding hydrogens is 481 g/mol. The van der Waals surface area contributed by atoms with Crippen molar-refractivity contribution in [2.45, 2.75) is 32.8 Å². The number of benzene rings is 1. The molecule has 0 amide bonds. The van der Waals surface area contributed by atoms with E-state index < -0.39 is 0 Å². The molecule has 0 spiro atoms. The molecule has 0 aliphatic carbocycles. The highest BCUT2D eigenvalue weighted by molar-refractivity contribution is 14.0. The van der Waals surface area contributed by atoms with Crippen LogP contribution < -0.4 is 15.4 Å². The number of hydrogen-bond acceptors (Lipinski definition) is 4. The van der Waals surface area contributed by atoms with Crippen LogP contribution in [-0.4, -0.2) is 56.6 Å². The van der Waals surface area contributed by atoms with Gasteiger partial charge in [-0.25, -0.2) is 0 Å². The van der Waals surface area contributed by atoms with Gasteiger partial charge >= 0.3 is 0 Å². The minimum absolute atomic E-state index is 0. The fourth-order valence-corrected chi connectivity index (χ4v) is 3.10. The van der Waals surface area contributed by atoms with Crippen molar-refractivity contribution in [1.82, 2.24) is 10.6 Å². The maximum atomic E-state index is 9.34. The van der Waals surface area contributed by atoms with Crippen LogP contribution in [0.15, 0.2) is 29.3 Å². The third-order valence-electron chi connectivity index (χ3n) is 4.47. The van der Waals surface area contributed by atoms with Gasteiger partial charge in [0, 0.05) is 25.2 Å². The molecule has 2 rings (SSSR count). The first kappa shape index (κ1) is 24.3. The van der Waals surface area contributed by atoms with Crippen molar-refractivity contribution < 1.29 is 14.6 Å². The molecule has 27 heavy (non-hydrogen) atoms. The van der Waals surface area contributed by atoms with E-state index in [0.29, 0.717) is 36.9 Å². The number of para-hydroxylation sites is 1. The molecule has 0 bridgehead atoms. The molecule has 1 saturated heterocycles. The predicted molar refractivity (Wildman–Crippen MR) is 121 cm³/mol. The lowest BCUT2D eigenvalue weighted by Crippen LogP contribution is -2.42. The van der Waals surface area contributed by atoms with E-state index in [9.17, 15) is 5.11 Å². The second kappa shape index (κ2) is 12.6. The van der Waals surface area contributed by atoms with E-state index >= 15 is 0 Å². The number of rotatable bonds is 9. The van der Waals surface area contributed by atoms with E-state index in [-0.39, 0.29) is 42.1 Å². The molecule has 1 heterocycles. The monoisotopic (exact) mass is 511 g/mol. The van der Waals surface area contributed by atoms with Crippen molar-refractivity contribution in [3.63, 3.8) is 0 Å². The number of halogens is 2. The van der Waals surface area contributed by atoms with Crippen molar-refractivity contribution in [2.24, 2.45) is 10.4 Å². The molecule has 1 aliphatic heterocycles. The number of nitrogens with zero attached hydrogens (tertiary/aromatic N) is 1. The Bertz CT molecular complexity index is 583. The lowest BCUT2D eigenvalue weighted by Gasteiger charge is -2.25. The van der Waals surface area contributed by atoms with E-state index in [4.69, 9.17) is 26.1 Å². The SMILES string of the molecule is CCNC(=NCC1(CCO)CCOC1)NCC(C)Oc1ccccc1Cl.I. The van der Waals surface area contributed by atoms with E-state index in [1.54, 1.807) is 0 Å². The van der Waals surface area contributed by atoms with E-state index in [1.165, 1.54) is 0 Å². The van der Waals surface area contributed by atoms with Crippen LogP contribution >= 0.6 is 35.6 Å². The Labute approximate surface area is 184 Å². The zero-order valence-electron chi connectivity index (χ0n) is 16.0. The van der Waals surface area contributed by atoms with Gasteiger partial charge in [-0.1, -0.05) is 23.7 Å². The van der Waals surface area contributed by atoms with E-state index in [0.717, 1.165) is 25.5 Å². The van der Waals surface area contributed by atoms with Gasteiger partial charge in [0.2, 0.25) is 0 Å². The van der Waals surface area contributed by atoms with E-state index in [2.05, 4.69) is 10.6 Å². The summed E-state index contributed by atoms with van der Waals surface area (Å²) in [5.74, 6) is 1.42. The summed E-state index contributed by atoms with van der Waals surface area (Å²) in [6.45, 7) is 7.57. The number of hydrogen-bond donors (Lipinski definition) is 3. The van der Waals surface area contributed by atoms with Crippen molar-refractivity contribution in [2.75, 3.05) is 39.5 Å². The number of aliphatic hydroxyl groups is 1. The van der Waals surface area contributed by atoms with Crippen LogP contribution in [0.25, 0.3) is 0 Å². The Morgan fingerprint density at radius 1 is 1.41 bits per heavy atom. The average molecular weight is 512 g/mol. The molecule has 1 aliphatic rings. The van der Waals surface area contributed by atoms with Gasteiger partial charge in [-0.15, -0.1) is 24.0 Å². The van der Waals surface area contributed by atoms with Crippen molar-refractivity contribution in [3.05, 3.63) is 29.3 Å². The maximum Gasteiger partial charge on any atom is 0.191 e. The van der Waals surface area contributed by atoms with E-state index in [1.807, 2.05) is 38.1 Å². The minimum atomic E-state index is -0.0695. The smallest absolute Gasteiger partial charge is 0.191 e. The fourth-order valence-electron chi connectivity index (χ4n) is 2.92. The summed E-state index contributed by atoms with van der Waals surface area (Å²) in [5, 5.41) is 16.5. The van der Waals surface area contributed by atoms with Crippen molar-refractivity contribution in [3.8, 4) is 5.75 Å². The Morgan fingerprint density at radius 2 is 2.19 bits per heavy atom. The van der Waals surface area contributed by atoms with Gasteiger partial charge in [0.25, 0.3) is 0 Å². The highest BCUT2D eigenvalue weighted by Crippen LogP contribution is 2.32. The first-order chi connectivity index (χ1) is 12.6. The lowest BCUT2D eigenvalue weighted by molar-refractivity contribution is 0.131. The first-order valence-electron chi connectivity index (χ1n) is 9.20. The number of nitrogens with one attached hydrogen (secondary N) is 2. The number of aliphatic hydroxyl groups excluding tert-OH is 1. The lowest BCUT2D eigenvalue weighted by atomic mass is 9.84. The number of ether oxygens (including phenoxy) is 2. The van der Waals surface area contributed by atoms with Gasteiger partial charge in [0.05, 0.1) is 24.7 Å². The van der Waals surface area contributed by atoms with Gasteiger partial charge in [0.15, 0.2) is 5.96 Å². The van der Waals surface area contributed by atoms with Gasteiger partial charge in [-0.05, 0) is 38.8 Å². The third-order valence-corrected chi connectivity index (χ3v) is 4.78. The van der Waals surface area contributed by atoms with Crippen molar-refractivity contribution >= 4 is 41.5 Å². The molecule has 1 aromatic carbocycles. The van der Waals surface area contributed by atoms with Crippen LogP contribution in [0.4, 0.5) is 0 Å². The average Bonchev–Trinajstić information content (AvgIpc) is 3.08. The summed E-state index contributed by atoms with van der Waals surface area (Å²) in [6, 6.07) is 7.45. The molecule has 8 heteroatoms. The zero-order valence-corrected chi connectivity index (χ0v) is 19.1. The minimum Gasteiger partial charge on any atom is -0.487 e. The molecule has 0 saturated carbocycles. The van der Waals surface area contributed by atoms with Crippen LogP contribution in [0.2, 0.25) is 5.02 Å². The molecule has 154 valence electrons. The van der Waals surface area contributed by atoms with Crippen molar-refractivity contribution in [1.29, 1.82) is 0 Å². The quantitative estimate of drug-likeness (QED) is 0.270. The Morgan fingerprint density at radius 3 is 2.81 bits per heavy atom.